The number of H-pyrrole nitrogens is 1. The second-order valence-electron chi connectivity index (χ2n) is 8.11. The van der Waals surface area contributed by atoms with Gasteiger partial charge in [0.2, 0.25) is 0 Å². The van der Waals surface area contributed by atoms with Crippen LogP contribution >= 0.6 is 0 Å². The van der Waals surface area contributed by atoms with Crippen LogP contribution in [0.25, 0.3) is 10.9 Å². The molecule has 7 nitrogen and oxygen atoms in total. The van der Waals surface area contributed by atoms with Crippen molar-refractivity contribution in [3.05, 3.63) is 29.5 Å². The van der Waals surface area contributed by atoms with Crippen molar-refractivity contribution in [3.63, 3.8) is 0 Å². The fraction of sp³-hybridized carbons (Fsp3) is 0.524. The van der Waals surface area contributed by atoms with Gasteiger partial charge in [-0.05, 0) is 37.6 Å². The van der Waals surface area contributed by atoms with Crippen LogP contribution in [0.5, 0.6) is 5.75 Å². The average molecular weight is 384 g/mol. The van der Waals surface area contributed by atoms with Crippen LogP contribution in [0, 0.1) is 0 Å². The van der Waals surface area contributed by atoms with Crippen molar-refractivity contribution in [2.24, 2.45) is 0 Å². The molecule has 0 radical (unpaired) electrons. The SMILES string of the molecule is CCOc1ccc2[nH]c3c(c2c1)C[C@@]1(C)C(=O)N(CCNC(C)C)C(=O)N1C3. The monoisotopic (exact) mass is 384 g/mol. The van der Waals surface area contributed by atoms with Crippen LogP contribution in [0.1, 0.15) is 39.0 Å². The minimum atomic E-state index is -0.835. The van der Waals surface area contributed by atoms with E-state index in [4.69, 9.17) is 4.74 Å². The molecular weight excluding hydrogens is 356 g/mol. The Labute approximate surface area is 165 Å². The van der Waals surface area contributed by atoms with Crippen LogP contribution in [0.4, 0.5) is 4.79 Å². The Hall–Kier alpha value is -2.54. The lowest BCUT2D eigenvalue weighted by Gasteiger charge is -2.35. The fourth-order valence-corrected chi connectivity index (χ4v) is 4.30. The summed E-state index contributed by atoms with van der Waals surface area (Å²) in [4.78, 5) is 32.7. The molecule has 0 saturated carbocycles. The first kappa shape index (κ1) is 18.8. The van der Waals surface area contributed by atoms with Gasteiger partial charge in [-0.25, -0.2) is 4.79 Å². The minimum Gasteiger partial charge on any atom is -0.494 e. The number of benzene rings is 1. The molecule has 0 spiro atoms. The van der Waals surface area contributed by atoms with Crippen molar-refractivity contribution in [1.29, 1.82) is 0 Å². The summed E-state index contributed by atoms with van der Waals surface area (Å²) in [5, 5.41) is 4.35. The molecule has 1 atom stereocenters. The maximum atomic E-state index is 13.2. The molecule has 4 rings (SSSR count). The van der Waals surface area contributed by atoms with Crippen molar-refractivity contribution in [2.45, 2.75) is 52.2 Å². The van der Waals surface area contributed by atoms with Gasteiger partial charge in [0.25, 0.3) is 5.91 Å². The molecule has 0 bridgehead atoms. The zero-order valence-corrected chi connectivity index (χ0v) is 17.0. The molecule has 3 heterocycles. The lowest BCUT2D eigenvalue weighted by Crippen LogP contribution is -2.51. The Kier molecular flexibility index (Phi) is 4.57. The molecule has 7 heteroatoms. The number of fused-ring (bicyclic) bond motifs is 4. The lowest BCUT2D eigenvalue weighted by molar-refractivity contribution is -0.132. The van der Waals surface area contributed by atoms with E-state index in [1.807, 2.05) is 45.9 Å². The molecule has 1 saturated heterocycles. The van der Waals surface area contributed by atoms with E-state index in [2.05, 4.69) is 10.3 Å². The molecule has 2 aromatic rings. The van der Waals surface area contributed by atoms with E-state index in [1.165, 1.54) is 4.90 Å². The minimum absolute atomic E-state index is 0.107. The van der Waals surface area contributed by atoms with Crippen LogP contribution in [-0.4, -0.2) is 58.0 Å². The second kappa shape index (κ2) is 6.81. The van der Waals surface area contributed by atoms with E-state index < -0.39 is 5.54 Å². The van der Waals surface area contributed by atoms with Gasteiger partial charge in [0.1, 0.15) is 11.3 Å². The third-order valence-electron chi connectivity index (χ3n) is 5.77. The van der Waals surface area contributed by atoms with E-state index >= 15 is 0 Å². The lowest BCUT2D eigenvalue weighted by atomic mass is 9.86. The first-order valence-corrected chi connectivity index (χ1v) is 9.98. The van der Waals surface area contributed by atoms with Crippen molar-refractivity contribution in [3.8, 4) is 5.75 Å². The van der Waals surface area contributed by atoms with E-state index in [0.717, 1.165) is 27.9 Å². The van der Waals surface area contributed by atoms with Gasteiger partial charge in [0, 0.05) is 42.1 Å². The topological polar surface area (TPSA) is 77.7 Å². The van der Waals surface area contributed by atoms with Gasteiger partial charge in [-0.2, -0.15) is 0 Å². The highest BCUT2D eigenvalue weighted by molar-refractivity contribution is 6.07. The standard InChI is InChI=1S/C21H28N4O3/c1-5-28-14-6-7-17-15(10-14)16-11-21(4)19(26)24(9-8-22-13(2)3)20(27)25(21)12-18(16)23-17/h6-7,10,13,22-23H,5,8-9,11-12H2,1-4H3/t21-/m0/s1. The van der Waals surface area contributed by atoms with Gasteiger partial charge in [0.05, 0.1) is 13.2 Å². The summed E-state index contributed by atoms with van der Waals surface area (Å²) in [6, 6.07) is 6.09. The number of nitrogens with zero attached hydrogens (tertiary/aromatic N) is 2. The highest BCUT2D eigenvalue weighted by Gasteiger charge is 2.56. The summed E-state index contributed by atoms with van der Waals surface area (Å²) in [6.45, 7) is 9.96. The Morgan fingerprint density at radius 1 is 1.32 bits per heavy atom. The molecule has 2 aliphatic rings. The first-order chi connectivity index (χ1) is 13.3. The quantitative estimate of drug-likeness (QED) is 0.751. The van der Waals surface area contributed by atoms with Crippen LogP contribution in [0.15, 0.2) is 18.2 Å². The molecule has 1 aromatic heterocycles. The normalized spacial score (nSPS) is 21.6. The van der Waals surface area contributed by atoms with Gasteiger partial charge < -0.3 is 19.9 Å². The van der Waals surface area contributed by atoms with Crippen molar-refractivity contribution in [1.82, 2.24) is 20.1 Å². The largest absolute Gasteiger partial charge is 0.494 e. The molecule has 1 aromatic carbocycles. The van der Waals surface area contributed by atoms with Gasteiger partial charge >= 0.3 is 6.03 Å². The predicted octanol–water partition coefficient (Wildman–Crippen LogP) is 2.64. The van der Waals surface area contributed by atoms with Crippen LogP contribution in [0.2, 0.25) is 0 Å². The Morgan fingerprint density at radius 3 is 2.82 bits per heavy atom. The summed E-state index contributed by atoms with van der Waals surface area (Å²) < 4.78 is 5.64. The van der Waals surface area contributed by atoms with Crippen molar-refractivity contribution < 1.29 is 14.3 Å². The average Bonchev–Trinajstić information content (AvgIpc) is 3.08. The predicted molar refractivity (Wildman–Crippen MR) is 107 cm³/mol. The van der Waals surface area contributed by atoms with E-state index in [9.17, 15) is 9.59 Å². The molecule has 0 unspecified atom stereocenters. The maximum absolute atomic E-state index is 13.2. The van der Waals surface area contributed by atoms with E-state index in [1.54, 1.807) is 4.90 Å². The zero-order valence-electron chi connectivity index (χ0n) is 17.0. The van der Waals surface area contributed by atoms with Crippen molar-refractivity contribution in [2.75, 3.05) is 19.7 Å². The summed E-state index contributed by atoms with van der Waals surface area (Å²) >= 11 is 0. The van der Waals surface area contributed by atoms with E-state index in [0.29, 0.717) is 38.7 Å². The third-order valence-corrected chi connectivity index (χ3v) is 5.77. The molecule has 150 valence electrons. The van der Waals surface area contributed by atoms with Crippen LogP contribution < -0.4 is 10.1 Å². The fourth-order valence-electron chi connectivity index (χ4n) is 4.30. The number of amides is 3. The summed E-state index contributed by atoms with van der Waals surface area (Å²) in [5.74, 6) is 0.712. The Balaban J connectivity index is 1.64. The Bertz CT molecular complexity index is 935. The number of urea groups is 1. The number of ether oxygens (including phenoxy) is 1. The molecule has 3 amide bonds. The van der Waals surface area contributed by atoms with Crippen molar-refractivity contribution >= 4 is 22.8 Å². The number of aromatic amines is 1. The number of imide groups is 1. The summed E-state index contributed by atoms with van der Waals surface area (Å²) in [6.07, 6.45) is 0.511. The Morgan fingerprint density at radius 2 is 2.11 bits per heavy atom. The number of carbonyl (C=O) groups is 2. The highest BCUT2D eigenvalue weighted by Crippen LogP contribution is 2.41. The van der Waals surface area contributed by atoms with Gasteiger partial charge in [0.15, 0.2) is 0 Å². The number of aromatic nitrogens is 1. The number of hydrogen-bond acceptors (Lipinski definition) is 4. The second-order valence-corrected chi connectivity index (χ2v) is 8.11. The highest BCUT2D eigenvalue weighted by atomic mass is 16.5. The molecule has 1 fully saturated rings. The number of hydrogen-bond donors (Lipinski definition) is 2. The molecular formula is C21H28N4O3. The number of rotatable bonds is 6. The van der Waals surface area contributed by atoms with Gasteiger partial charge in [-0.1, -0.05) is 13.8 Å². The summed E-state index contributed by atoms with van der Waals surface area (Å²) in [5.41, 5.74) is 2.29. The van der Waals surface area contributed by atoms with Crippen LogP contribution in [-0.2, 0) is 17.8 Å². The number of carbonyl (C=O) groups excluding carboxylic acids is 2. The maximum Gasteiger partial charge on any atom is 0.328 e. The van der Waals surface area contributed by atoms with Gasteiger partial charge in [-0.15, -0.1) is 0 Å². The summed E-state index contributed by atoms with van der Waals surface area (Å²) in [7, 11) is 0. The molecule has 2 aliphatic heterocycles. The van der Waals surface area contributed by atoms with Gasteiger partial charge in [-0.3, -0.25) is 9.69 Å². The third kappa shape index (κ3) is 2.85. The first-order valence-electron chi connectivity index (χ1n) is 9.98. The molecule has 2 N–H and O–H groups in total. The molecule has 0 aliphatic carbocycles. The smallest absolute Gasteiger partial charge is 0.328 e. The molecule has 28 heavy (non-hydrogen) atoms. The van der Waals surface area contributed by atoms with Crippen LogP contribution in [0.3, 0.4) is 0 Å². The number of nitrogens with one attached hydrogen (secondary N) is 2. The van der Waals surface area contributed by atoms with E-state index in [-0.39, 0.29) is 11.9 Å². The zero-order chi connectivity index (χ0) is 20.1.